The van der Waals surface area contributed by atoms with Crippen molar-refractivity contribution in [3.05, 3.63) is 0 Å². The zero-order valence-corrected chi connectivity index (χ0v) is 11.7. The van der Waals surface area contributed by atoms with Gasteiger partial charge in [-0.05, 0) is 0 Å². The van der Waals surface area contributed by atoms with Crippen molar-refractivity contribution in [2.75, 3.05) is 24.2 Å². The van der Waals surface area contributed by atoms with Crippen LogP contribution in [-0.4, -0.2) is 41.1 Å². The van der Waals surface area contributed by atoms with Crippen molar-refractivity contribution in [3.8, 4) is 6.07 Å². The summed E-state index contributed by atoms with van der Waals surface area (Å²) in [5.41, 5.74) is 0. The Balaban J connectivity index is 2.30. The molecule has 0 saturated carbocycles. The van der Waals surface area contributed by atoms with E-state index in [0.717, 1.165) is 23.1 Å². The molecule has 20 heavy (non-hydrogen) atoms. The number of halogens is 3. The van der Waals surface area contributed by atoms with E-state index in [1.165, 1.54) is 0 Å². The summed E-state index contributed by atoms with van der Waals surface area (Å²) in [6.45, 7) is -0.911. The molecule has 1 aromatic rings. The number of alkyl halides is 3. The number of amides is 1. The zero-order valence-electron chi connectivity index (χ0n) is 10.0. The summed E-state index contributed by atoms with van der Waals surface area (Å²) in [6.07, 6.45) is -4.10. The Morgan fingerprint density at radius 3 is 2.85 bits per heavy atom. The fraction of sp³-hybridized carbons (Fsp3) is 0.556. The summed E-state index contributed by atoms with van der Waals surface area (Å²) in [5, 5.41) is 20.1. The molecule has 0 atom stereocenters. The van der Waals surface area contributed by atoms with Crippen molar-refractivity contribution in [1.29, 1.82) is 5.26 Å². The Labute approximate surface area is 120 Å². The molecule has 1 heterocycles. The van der Waals surface area contributed by atoms with Crippen molar-refractivity contribution in [2.24, 2.45) is 0 Å². The number of nitrogens with one attached hydrogen (secondary N) is 2. The van der Waals surface area contributed by atoms with E-state index in [4.69, 9.17) is 5.26 Å². The number of rotatable bonds is 7. The van der Waals surface area contributed by atoms with Gasteiger partial charge in [-0.15, -0.1) is 10.2 Å². The lowest BCUT2D eigenvalue weighted by Gasteiger charge is -2.05. The van der Waals surface area contributed by atoms with E-state index >= 15 is 0 Å². The lowest BCUT2D eigenvalue weighted by molar-refractivity contribution is -0.118. The minimum atomic E-state index is -4.32. The standard InChI is InChI=1S/C9H10F3N5OS2/c10-9(11,12)5-15-7-16-17-8(20-7)19-4-6(18)14-3-1-2-13/h1,3-5H2,(H,14,18)(H,15,16). The van der Waals surface area contributed by atoms with Crippen LogP contribution in [0.4, 0.5) is 18.3 Å². The second-order valence-electron chi connectivity index (χ2n) is 3.39. The van der Waals surface area contributed by atoms with E-state index in [1.807, 2.05) is 6.07 Å². The molecule has 6 nitrogen and oxygen atoms in total. The van der Waals surface area contributed by atoms with E-state index in [0.29, 0.717) is 4.34 Å². The average molecular weight is 325 g/mol. The molecule has 0 aliphatic heterocycles. The minimum Gasteiger partial charge on any atom is -0.354 e. The number of nitrogens with zero attached hydrogens (tertiary/aromatic N) is 3. The Hall–Kier alpha value is -1.54. The van der Waals surface area contributed by atoms with Crippen LogP contribution in [0.1, 0.15) is 6.42 Å². The Kier molecular flexibility index (Phi) is 6.53. The molecule has 1 aromatic heterocycles. The Morgan fingerprint density at radius 2 is 2.20 bits per heavy atom. The molecule has 11 heteroatoms. The third kappa shape index (κ3) is 7.15. The van der Waals surface area contributed by atoms with Gasteiger partial charge in [-0.2, -0.15) is 18.4 Å². The lowest BCUT2D eigenvalue weighted by atomic mass is 10.4. The van der Waals surface area contributed by atoms with Gasteiger partial charge in [0, 0.05) is 6.54 Å². The molecule has 0 unspecified atom stereocenters. The van der Waals surface area contributed by atoms with Gasteiger partial charge in [0.1, 0.15) is 6.54 Å². The number of hydrogen-bond donors (Lipinski definition) is 2. The maximum atomic E-state index is 12.0. The van der Waals surface area contributed by atoms with Gasteiger partial charge in [-0.1, -0.05) is 23.1 Å². The summed E-state index contributed by atoms with van der Waals surface area (Å²) in [5.74, 6) is -0.204. The van der Waals surface area contributed by atoms with Crippen LogP contribution in [0.3, 0.4) is 0 Å². The number of thioether (sulfide) groups is 1. The molecule has 1 rings (SSSR count). The van der Waals surface area contributed by atoms with Gasteiger partial charge in [0.2, 0.25) is 11.0 Å². The van der Waals surface area contributed by atoms with E-state index in [9.17, 15) is 18.0 Å². The number of nitriles is 1. The van der Waals surface area contributed by atoms with E-state index in [-0.39, 0.29) is 29.8 Å². The van der Waals surface area contributed by atoms with Crippen molar-refractivity contribution in [3.63, 3.8) is 0 Å². The molecule has 0 fully saturated rings. The van der Waals surface area contributed by atoms with Crippen LogP contribution in [-0.2, 0) is 4.79 Å². The highest BCUT2D eigenvalue weighted by Crippen LogP contribution is 2.26. The van der Waals surface area contributed by atoms with Crippen LogP contribution in [0, 0.1) is 11.3 Å². The predicted octanol–water partition coefficient (Wildman–Crippen LogP) is 1.63. The van der Waals surface area contributed by atoms with Crippen LogP contribution < -0.4 is 10.6 Å². The SMILES string of the molecule is N#CCCNC(=O)CSc1nnc(NCC(F)(F)F)s1. The Bertz CT molecular complexity index is 485. The highest BCUT2D eigenvalue weighted by atomic mass is 32.2. The lowest BCUT2D eigenvalue weighted by Crippen LogP contribution is -2.25. The highest BCUT2D eigenvalue weighted by molar-refractivity contribution is 8.01. The van der Waals surface area contributed by atoms with Gasteiger partial charge in [0.25, 0.3) is 0 Å². The Morgan fingerprint density at radius 1 is 1.45 bits per heavy atom. The van der Waals surface area contributed by atoms with Gasteiger partial charge >= 0.3 is 6.18 Å². The molecular formula is C9H10F3N5OS2. The molecule has 0 saturated heterocycles. The first-order valence-electron chi connectivity index (χ1n) is 5.31. The number of aromatic nitrogens is 2. The van der Waals surface area contributed by atoms with Gasteiger partial charge in [-0.3, -0.25) is 4.79 Å². The number of carbonyl (C=O) groups excluding carboxylic acids is 1. The molecule has 110 valence electrons. The molecule has 0 aliphatic rings. The van der Waals surface area contributed by atoms with Crippen molar-refractivity contribution in [2.45, 2.75) is 16.9 Å². The second-order valence-corrected chi connectivity index (χ2v) is 5.59. The third-order valence-corrected chi connectivity index (χ3v) is 3.75. The van der Waals surface area contributed by atoms with Crippen LogP contribution >= 0.6 is 23.1 Å². The fourth-order valence-electron chi connectivity index (χ4n) is 0.952. The first kappa shape index (κ1) is 16.5. The maximum Gasteiger partial charge on any atom is 0.405 e. The number of anilines is 1. The number of carbonyl (C=O) groups is 1. The first-order chi connectivity index (χ1) is 9.40. The topological polar surface area (TPSA) is 90.7 Å². The molecule has 2 N–H and O–H groups in total. The van der Waals surface area contributed by atoms with Crippen LogP contribution in [0.5, 0.6) is 0 Å². The monoisotopic (exact) mass is 325 g/mol. The quantitative estimate of drug-likeness (QED) is 0.585. The van der Waals surface area contributed by atoms with Gasteiger partial charge in [0.05, 0.1) is 18.2 Å². The molecule has 0 spiro atoms. The smallest absolute Gasteiger partial charge is 0.354 e. The summed E-state index contributed by atoms with van der Waals surface area (Å²) in [6, 6.07) is 1.88. The summed E-state index contributed by atoms with van der Waals surface area (Å²) < 4.78 is 36.3. The average Bonchev–Trinajstić information content (AvgIpc) is 2.81. The van der Waals surface area contributed by atoms with Gasteiger partial charge in [0.15, 0.2) is 4.34 Å². The molecule has 0 bridgehead atoms. The summed E-state index contributed by atoms with van der Waals surface area (Å²) in [4.78, 5) is 11.3. The van der Waals surface area contributed by atoms with Crippen molar-refractivity contribution < 1.29 is 18.0 Å². The maximum absolute atomic E-state index is 12.0. The van der Waals surface area contributed by atoms with E-state index in [2.05, 4.69) is 20.8 Å². The zero-order chi connectivity index (χ0) is 15.0. The predicted molar refractivity (Wildman–Crippen MR) is 68.4 cm³/mol. The van der Waals surface area contributed by atoms with Crippen LogP contribution in [0.15, 0.2) is 4.34 Å². The third-order valence-electron chi connectivity index (χ3n) is 1.73. The molecule has 0 aromatic carbocycles. The highest BCUT2D eigenvalue weighted by Gasteiger charge is 2.27. The van der Waals surface area contributed by atoms with Crippen molar-refractivity contribution >= 4 is 34.1 Å². The molecular weight excluding hydrogens is 315 g/mol. The largest absolute Gasteiger partial charge is 0.405 e. The fourth-order valence-corrected chi connectivity index (χ4v) is 2.53. The van der Waals surface area contributed by atoms with Crippen molar-refractivity contribution in [1.82, 2.24) is 15.5 Å². The summed E-state index contributed by atoms with van der Waals surface area (Å²) in [7, 11) is 0. The molecule has 0 radical (unpaired) electrons. The second kappa shape index (κ2) is 7.91. The van der Waals surface area contributed by atoms with Gasteiger partial charge < -0.3 is 10.6 Å². The number of hydrogen-bond acceptors (Lipinski definition) is 7. The molecule has 1 amide bonds. The first-order valence-corrected chi connectivity index (χ1v) is 7.11. The minimum absolute atomic E-state index is 0.0507. The molecule has 0 aliphatic carbocycles. The van der Waals surface area contributed by atoms with E-state index in [1.54, 1.807) is 0 Å². The van der Waals surface area contributed by atoms with Crippen LogP contribution in [0.2, 0.25) is 0 Å². The van der Waals surface area contributed by atoms with Gasteiger partial charge in [-0.25, -0.2) is 0 Å². The normalized spacial score (nSPS) is 10.9. The van der Waals surface area contributed by atoms with Crippen LogP contribution in [0.25, 0.3) is 0 Å². The van der Waals surface area contributed by atoms with E-state index < -0.39 is 12.7 Å². The summed E-state index contributed by atoms with van der Waals surface area (Å²) >= 11 is 2.01.